The van der Waals surface area contributed by atoms with Crippen molar-refractivity contribution in [2.24, 2.45) is 11.3 Å². The Bertz CT molecular complexity index is 1010. The quantitative estimate of drug-likeness (QED) is 0.621. The van der Waals surface area contributed by atoms with Crippen molar-refractivity contribution in [3.8, 4) is 0 Å². The summed E-state index contributed by atoms with van der Waals surface area (Å²) in [5, 5.41) is 13.9. The first kappa shape index (κ1) is 18.1. The van der Waals surface area contributed by atoms with E-state index in [0.29, 0.717) is 0 Å². The van der Waals surface area contributed by atoms with Crippen LogP contribution in [0.1, 0.15) is 30.9 Å². The van der Waals surface area contributed by atoms with Gasteiger partial charge in [0.1, 0.15) is 17.8 Å². The van der Waals surface area contributed by atoms with E-state index < -0.39 is 0 Å². The average Bonchev–Trinajstić information content (AvgIpc) is 3.34. The first-order valence-electron chi connectivity index (χ1n) is 10.2. The van der Waals surface area contributed by atoms with Gasteiger partial charge in [-0.25, -0.2) is 9.97 Å². The molecule has 7 nitrogen and oxygen atoms in total. The molecular formula is C22H25N5O2. The number of anilines is 1. The van der Waals surface area contributed by atoms with Crippen molar-refractivity contribution in [3.63, 3.8) is 0 Å². The van der Waals surface area contributed by atoms with Crippen LogP contribution in [0.4, 0.5) is 5.82 Å². The van der Waals surface area contributed by atoms with E-state index in [1.807, 2.05) is 42.6 Å². The minimum Gasteiger partial charge on any atom is -0.394 e. The number of carbonyl (C=O) groups is 1. The second-order valence-electron chi connectivity index (χ2n) is 8.22. The maximum absolute atomic E-state index is 13.1. The number of piperidine rings is 1. The smallest absolute Gasteiger partial charge is 0.224 e. The number of benzene rings is 1. The largest absolute Gasteiger partial charge is 0.394 e. The third-order valence-electron chi connectivity index (χ3n) is 6.47. The molecule has 1 spiro atoms. The molecule has 1 aliphatic heterocycles. The minimum absolute atomic E-state index is 0.00655. The molecule has 1 saturated carbocycles. The standard InChI is InChI=1S/C22H25N5O2/c28-12-18(15-4-2-1-3-5-15)26-21(29)17-7-11-27(13-22(17)8-9-22)20-16-6-10-23-19(16)24-14-25-20/h1-6,10,14,17-18,28H,7-9,11-13H2,(H,26,29)(H,23,24,25). The number of H-pyrrole nitrogens is 1. The predicted molar refractivity (Wildman–Crippen MR) is 110 cm³/mol. The Morgan fingerprint density at radius 1 is 1.28 bits per heavy atom. The van der Waals surface area contributed by atoms with Gasteiger partial charge in [-0.3, -0.25) is 4.79 Å². The zero-order chi connectivity index (χ0) is 19.8. The summed E-state index contributed by atoms with van der Waals surface area (Å²) in [7, 11) is 0. The minimum atomic E-state index is -0.362. The molecular weight excluding hydrogens is 366 g/mol. The zero-order valence-electron chi connectivity index (χ0n) is 16.2. The zero-order valence-corrected chi connectivity index (χ0v) is 16.2. The van der Waals surface area contributed by atoms with Gasteiger partial charge in [-0.2, -0.15) is 0 Å². The summed E-state index contributed by atoms with van der Waals surface area (Å²) >= 11 is 0. The summed E-state index contributed by atoms with van der Waals surface area (Å²) in [5.74, 6) is 0.971. The van der Waals surface area contributed by atoms with Gasteiger partial charge in [0.05, 0.1) is 18.0 Å². The van der Waals surface area contributed by atoms with E-state index in [4.69, 9.17) is 0 Å². The van der Waals surface area contributed by atoms with Gasteiger partial charge < -0.3 is 20.3 Å². The Hall–Kier alpha value is -2.93. The van der Waals surface area contributed by atoms with Crippen molar-refractivity contribution in [2.45, 2.75) is 25.3 Å². The Morgan fingerprint density at radius 2 is 2.10 bits per heavy atom. The number of hydrogen-bond acceptors (Lipinski definition) is 5. The van der Waals surface area contributed by atoms with Crippen molar-refractivity contribution >= 4 is 22.8 Å². The topological polar surface area (TPSA) is 94.1 Å². The van der Waals surface area contributed by atoms with E-state index in [9.17, 15) is 9.90 Å². The molecule has 1 aromatic carbocycles. The lowest BCUT2D eigenvalue weighted by atomic mass is 9.81. The SMILES string of the molecule is O=C(NC(CO)c1ccccc1)C1CCN(c2ncnc3[nH]ccc23)CC12CC2. The number of aromatic nitrogens is 3. The van der Waals surface area contributed by atoms with Gasteiger partial charge >= 0.3 is 0 Å². The number of rotatable bonds is 5. The number of nitrogens with one attached hydrogen (secondary N) is 2. The number of amides is 1. The molecule has 29 heavy (non-hydrogen) atoms. The van der Waals surface area contributed by atoms with Gasteiger partial charge in [0, 0.05) is 25.2 Å². The van der Waals surface area contributed by atoms with Crippen LogP contribution in [0.5, 0.6) is 0 Å². The fraction of sp³-hybridized carbons (Fsp3) is 0.409. The Morgan fingerprint density at radius 3 is 2.86 bits per heavy atom. The number of carbonyl (C=O) groups excluding carboxylic acids is 1. The van der Waals surface area contributed by atoms with Crippen molar-refractivity contribution < 1.29 is 9.90 Å². The Kier molecular flexibility index (Phi) is 4.47. The second kappa shape index (κ2) is 7.15. The molecule has 1 amide bonds. The molecule has 5 rings (SSSR count). The lowest BCUT2D eigenvalue weighted by molar-refractivity contribution is -0.129. The molecule has 2 atom stereocenters. The van der Waals surface area contributed by atoms with Crippen LogP contribution in [0.2, 0.25) is 0 Å². The summed E-state index contributed by atoms with van der Waals surface area (Å²) in [6, 6.07) is 11.3. The maximum atomic E-state index is 13.1. The summed E-state index contributed by atoms with van der Waals surface area (Å²) in [6.45, 7) is 1.51. The lowest BCUT2D eigenvalue weighted by Crippen LogP contribution is -2.49. The fourth-order valence-corrected chi connectivity index (χ4v) is 4.72. The van der Waals surface area contributed by atoms with Crippen LogP contribution in [0, 0.1) is 11.3 Å². The maximum Gasteiger partial charge on any atom is 0.224 e. The van der Waals surface area contributed by atoms with E-state index in [2.05, 4.69) is 25.2 Å². The van der Waals surface area contributed by atoms with Gasteiger partial charge in [-0.05, 0) is 36.3 Å². The molecule has 2 fully saturated rings. The highest BCUT2D eigenvalue weighted by molar-refractivity contribution is 5.88. The molecule has 2 aliphatic rings. The highest BCUT2D eigenvalue weighted by Crippen LogP contribution is 2.56. The van der Waals surface area contributed by atoms with Gasteiger partial charge in [0.25, 0.3) is 0 Å². The number of hydrogen-bond donors (Lipinski definition) is 3. The molecule has 1 saturated heterocycles. The van der Waals surface area contributed by atoms with Crippen molar-refractivity contribution in [1.82, 2.24) is 20.3 Å². The molecule has 0 radical (unpaired) electrons. The molecule has 2 aromatic heterocycles. The third kappa shape index (κ3) is 3.25. The van der Waals surface area contributed by atoms with E-state index in [1.54, 1.807) is 6.33 Å². The van der Waals surface area contributed by atoms with Gasteiger partial charge in [-0.15, -0.1) is 0 Å². The number of nitrogens with zero attached hydrogens (tertiary/aromatic N) is 3. The third-order valence-corrected chi connectivity index (χ3v) is 6.47. The Balaban J connectivity index is 1.32. The van der Waals surface area contributed by atoms with Gasteiger partial charge in [-0.1, -0.05) is 30.3 Å². The van der Waals surface area contributed by atoms with Crippen LogP contribution in [0.15, 0.2) is 48.9 Å². The lowest BCUT2D eigenvalue weighted by Gasteiger charge is -2.39. The van der Waals surface area contributed by atoms with E-state index in [-0.39, 0.29) is 29.9 Å². The molecule has 150 valence electrons. The summed E-state index contributed by atoms with van der Waals surface area (Å²) in [5.41, 5.74) is 1.78. The van der Waals surface area contributed by atoms with Gasteiger partial charge in [0.2, 0.25) is 5.91 Å². The van der Waals surface area contributed by atoms with Crippen LogP contribution in [-0.2, 0) is 4.79 Å². The molecule has 2 unspecified atom stereocenters. The normalized spacial score (nSPS) is 21.3. The molecule has 1 aliphatic carbocycles. The van der Waals surface area contributed by atoms with Crippen LogP contribution in [0.25, 0.3) is 11.0 Å². The van der Waals surface area contributed by atoms with Crippen molar-refractivity contribution in [3.05, 3.63) is 54.5 Å². The first-order valence-corrected chi connectivity index (χ1v) is 10.2. The van der Waals surface area contributed by atoms with Crippen molar-refractivity contribution in [1.29, 1.82) is 0 Å². The van der Waals surface area contributed by atoms with Crippen LogP contribution in [-0.4, -0.2) is 45.7 Å². The predicted octanol–water partition coefficient (Wildman–Crippen LogP) is 2.41. The number of aliphatic hydroxyl groups excluding tert-OH is 1. The van der Waals surface area contributed by atoms with Crippen molar-refractivity contribution in [2.75, 3.05) is 24.6 Å². The second-order valence-corrected chi connectivity index (χ2v) is 8.22. The van der Waals surface area contributed by atoms with Crippen LogP contribution in [0.3, 0.4) is 0 Å². The van der Waals surface area contributed by atoms with E-state index in [0.717, 1.165) is 54.8 Å². The summed E-state index contributed by atoms with van der Waals surface area (Å²) in [4.78, 5) is 27.4. The number of aromatic amines is 1. The number of aliphatic hydroxyl groups is 1. The van der Waals surface area contributed by atoms with Crippen LogP contribution >= 0.6 is 0 Å². The van der Waals surface area contributed by atoms with E-state index >= 15 is 0 Å². The van der Waals surface area contributed by atoms with Gasteiger partial charge in [0.15, 0.2) is 0 Å². The average molecular weight is 391 g/mol. The molecule has 3 aromatic rings. The summed E-state index contributed by atoms with van der Waals surface area (Å²) < 4.78 is 0. The fourth-order valence-electron chi connectivity index (χ4n) is 4.72. The number of fused-ring (bicyclic) bond motifs is 1. The van der Waals surface area contributed by atoms with E-state index in [1.165, 1.54) is 0 Å². The first-order chi connectivity index (χ1) is 14.2. The highest BCUT2D eigenvalue weighted by Gasteiger charge is 2.55. The molecule has 0 bridgehead atoms. The molecule has 3 N–H and O–H groups in total. The van der Waals surface area contributed by atoms with Crippen LogP contribution < -0.4 is 10.2 Å². The molecule has 3 heterocycles. The monoisotopic (exact) mass is 391 g/mol. The molecule has 7 heteroatoms. The highest BCUT2D eigenvalue weighted by atomic mass is 16.3. The Labute approximate surface area is 169 Å². The summed E-state index contributed by atoms with van der Waals surface area (Å²) in [6.07, 6.45) is 6.37.